The Morgan fingerprint density at radius 3 is 2.51 bits per heavy atom. The van der Waals surface area contributed by atoms with Crippen molar-refractivity contribution in [3.05, 3.63) is 59.2 Å². The van der Waals surface area contributed by atoms with E-state index in [9.17, 15) is 19.5 Å². The molecule has 1 aliphatic heterocycles. The Bertz CT molecular complexity index is 1360. The number of hydrogen-bond donors (Lipinski definition) is 1. The number of halogens is 1. The molecule has 1 N–H and O–H groups in total. The zero-order chi connectivity index (χ0) is 29.6. The number of aliphatic hydroxyl groups excluding tert-OH is 1. The SMILES string of the molecule is CCc1ccc(C(=O)OCC(=O)[C@@]23OC(C)(C)O[C@@H]2C[C@H]2C4CCC5=CC(=O)C=C[C@]5(C)[C@@]4(F)[C@@H](O)C[C@@]23C)cc1. The Hall–Kier alpha value is -2.68. The van der Waals surface area contributed by atoms with Gasteiger partial charge in [-0.15, -0.1) is 0 Å². The van der Waals surface area contributed by atoms with Gasteiger partial charge in [-0.1, -0.05) is 37.6 Å². The summed E-state index contributed by atoms with van der Waals surface area (Å²) < 4.78 is 35.9. The zero-order valence-corrected chi connectivity index (χ0v) is 24.4. The lowest BCUT2D eigenvalue weighted by Gasteiger charge is -2.62. The van der Waals surface area contributed by atoms with Gasteiger partial charge in [0.2, 0.25) is 5.78 Å². The Balaban J connectivity index is 1.33. The smallest absolute Gasteiger partial charge is 0.338 e. The van der Waals surface area contributed by atoms with E-state index in [-0.39, 0.29) is 18.1 Å². The van der Waals surface area contributed by atoms with Gasteiger partial charge in [0.25, 0.3) is 0 Å². The first kappa shape index (κ1) is 28.4. The average molecular weight is 567 g/mol. The number of esters is 1. The van der Waals surface area contributed by atoms with Crippen LogP contribution in [-0.4, -0.2) is 58.5 Å². The van der Waals surface area contributed by atoms with Crippen molar-refractivity contribution < 1.29 is 38.1 Å². The van der Waals surface area contributed by atoms with E-state index in [2.05, 4.69) is 0 Å². The van der Waals surface area contributed by atoms with Crippen LogP contribution < -0.4 is 0 Å². The summed E-state index contributed by atoms with van der Waals surface area (Å²) >= 11 is 0. The normalized spacial score (nSPS) is 42.0. The van der Waals surface area contributed by atoms with Crippen LogP contribution in [0.4, 0.5) is 4.39 Å². The van der Waals surface area contributed by atoms with Crippen LogP contribution in [0, 0.1) is 22.7 Å². The van der Waals surface area contributed by atoms with E-state index in [1.807, 2.05) is 26.0 Å². The lowest BCUT2D eigenvalue weighted by atomic mass is 9.44. The van der Waals surface area contributed by atoms with Crippen molar-refractivity contribution in [1.29, 1.82) is 0 Å². The number of alkyl halides is 1. The molecule has 41 heavy (non-hydrogen) atoms. The molecule has 1 heterocycles. The summed E-state index contributed by atoms with van der Waals surface area (Å²) in [6, 6.07) is 7.05. The maximum atomic E-state index is 17.5. The standard InChI is InChI=1S/C33H39FO7/c1-6-19-7-9-20(10-8-19)28(38)39-18-26(37)33-27(40-29(2,3)41-33)16-24-23-12-11-21-15-22(35)13-14-30(21,4)32(23,34)25(36)17-31(24,33)5/h7-10,13-15,23-25,27,36H,6,11-12,16-18H2,1-5H3/t23?,24-,25-,27+,30-,31-,32-,33+/m0/s1. The van der Waals surface area contributed by atoms with E-state index in [4.69, 9.17) is 14.2 Å². The number of hydrogen-bond acceptors (Lipinski definition) is 7. The summed E-state index contributed by atoms with van der Waals surface area (Å²) in [5, 5.41) is 11.7. The summed E-state index contributed by atoms with van der Waals surface area (Å²) in [7, 11) is 0. The second-order valence-electron chi connectivity index (χ2n) is 13.4. The molecule has 0 bridgehead atoms. The Kier molecular flexibility index (Phi) is 6.35. The van der Waals surface area contributed by atoms with Gasteiger partial charge in [-0.2, -0.15) is 0 Å². The molecular weight excluding hydrogens is 527 g/mol. The highest BCUT2D eigenvalue weighted by molar-refractivity contribution is 6.01. The Labute approximate surface area is 240 Å². The van der Waals surface area contributed by atoms with Gasteiger partial charge < -0.3 is 19.3 Å². The third-order valence-electron chi connectivity index (χ3n) is 11.0. The number of aryl methyl sites for hydroxylation is 1. The van der Waals surface area contributed by atoms with E-state index in [0.29, 0.717) is 30.4 Å². The molecule has 5 aliphatic rings. The molecule has 0 amide bonds. The summed E-state index contributed by atoms with van der Waals surface area (Å²) in [6.07, 6.45) is 4.52. The second kappa shape index (κ2) is 9.16. The number of ether oxygens (including phenoxy) is 3. The van der Waals surface area contributed by atoms with Gasteiger partial charge in [-0.05, 0) is 88.6 Å². The molecular formula is C33H39FO7. The van der Waals surface area contributed by atoms with Crippen LogP contribution in [0.5, 0.6) is 0 Å². The Morgan fingerprint density at radius 2 is 1.83 bits per heavy atom. The number of rotatable bonds is 5. The summed E-state index contributed by atoms with van der Waals surface area (Å²) in [6.45, 7) is 8.63. The fourth-order valence-corrected chi connectivity index (χ4v) is 9.01. The monoisotopic (exact) mass is 566 g/mol. The third kappa shape index (κ3) is 3.76. The highest BCUT2D eigenvalue weighted by Gasteiger charge is 2.80. The number of fused-ring (bicyclic) bond motifs is 7. The van der Waals surface area contributed by atoms with Crippen LogP contribution >= 0.6 is 0 Å². The molecule has 0 aromatic heterocycles. The summed E-state index contributed by atoms with van der Waals surface area (Å²) in [5.74, 6) is -3.26. The lowest BCUT2D eigenvalue weighted by molar-refractivity contribution is -0.246. The maximum Gasteiger partial charge on any atom is 0.338 e. The number of aliphatic hydroxyl groups is 1. The molecule has 4 aliphatic carbocycles. The predicted octanol–water partition coefficient (Wildman–Crippen LogP) is 4.85. The van der Waals surface area contributed by atoms with Crippen LogP contribution in [0.2, 0.25) is 0 Å². The quantitative estimate of drug-likeness (QED) is 0.509. The van der Waals surface area contributed by atoms with Crippen molar-refractivity contribution in [2.75, 3.05) is 6.61 Å². The molecule has 6 rings (SSSR count). The van der Waals surface area contributed by atoms with Crippen molar-refractivity contribution in [2.45, 2.75) is 96.0 Å². The van der Waals surface area contributed by atoms with Crippen molar-refractivity contribution in [3.63, 3.8) is 0 Å². The maximum absolute atomic E-state index is 17.5. The molecule has 1 aromatic carbocycles. The van der Waals surface area contributed by atoms with E-state index >= 15 is 4.39 Å². The molecule has 1 aromatic rings. The first-order valence-electron chi connectivity index (χ1n) is 14.7. The molecule has 7 nitrogen and oxygen atoms in total. The molecule has 220 valence electrons. The first-order chi connectivity index (χ1) is 19.2. The van der Waals surface area contributed by atoms with Crippen LogP contribution in [0.15, 0.2) is 48.1 Å². The second-order valence-corrected chi connectivity index (χ2v) is 13.4. The van der Waals surface area contributed by atoms with Crippen LogP contribution in [0.25, 0.3) is 0 Å². The van der Waals surface area contributed by atoms with Gasteiger partial charge in [-0.25, -0.2) is 9.18 Å². The fourth-order valence-electron chi connectivity index (χ4n) is 9.01. The third-order valence-corrected chi connectivity index (χ3v) is 11.0. The van der Waals surface area contributed by atoms with Crippen molar-refractivity contribution in [1.82, 2.24) is 0 Å². The van der Waals surface area contributed by atoms with Crippen LogP contribution in [0.3, 0.4) is 0 Å². The highest BCUT2D eigenvalue weighted by atomic mass is 19.1. The highest BCUT2D eigenvalue weighted by Crippen LogP contribution is 2.72. The lowest BCUT2D eigenvalue weighted by Crippen LogP contribution is -2.70. The molecule has 0 spiro atoms. The fraction of sp³-hybridized carbons (Fsp3) is 0.606. The van der Waals surface area contributed by atoms with E-state index in [1.165, 1.54) is 12.2 Å². The number of carbonyl (C=O) groups is 3. The minimum absolute atomic E-state index is 0.0383. The largest absolute Gasteiger partial charge is 0.454 e. The van der Waals surface area contributed by atoms with E-state index in [0.717, 1.165) is 12.0 Å². The molecule has 1 saturated heterocycles. The number of allylic oxidation sites excluding steroid dienone is 4. The van der Waals surface area contributed by atoms with Crippen LogP contribution in [0.1, 0.15) is 76.2 Å². The van der Waals surface area contributed by atoms with E-state index < -0.39 is 64.4 Å². The zero-order valence-electron chi connectivity index (χ0n) is 24.4. The topological polar surface area (TPSA) is 99.1 Å². The van der Waals surface area contributed by atoms with Crippen molar-refractivity contribution in [2.24, 2.45) is 22.7 Å². The van der Waals surface area contributed by atoms with Crippen molar-refractivity contribution >= 4 is 17.5 Å². The molecule has 4 fully saturated rings. The molecule has 8 atom stereocenters. The van der Waals surface area contributed by atoms with E-state index in [1.54, 1.807) is 39.0 Å². The van der Waals surface area contributed by atoms with Gasteiger partial charge in [0, 0.05) is 16.7 Å². The molecule has 1 unspecified atom stereocenters. The molecule has 3 saturated carbocycles. The molecule has 0 radical (unpaired) electrons. The minimum atomic E-state index is -2.03. The van der Waals surface area contributed by atoms with Gasteiger partial charge in [0.1, 0.15) is 0 Å². The number of ketones is 2. The van der Waals surface area contributed by atoms with Gasteiger partial charge >= 0.3 is 5.97 Å². The number of carbonyl (C=O) groups excluding carboxylic acids is 3. The number of benzene rings is 1. The number of Topliss-reactive ketones (excluding diaryl/α,β-unsaturated/α-hetero) is 1. The Morgan fingerprint density at radius 1 is 1.12 bits per heavy atom. The predicted molar refractivity (Wildman–Crippen MR) is 148 cm³/mol. The summed E-state index contributed by atoms with van der Waals surface area (Å²) in [5.41, 5.74) is -3.55. The van der Waals surface area contributed by atoms with Crippen molar-refractivity contribution in [3.8, 4) is 0 Å². The molecule has 8 heteroatoms. The van der Waals surface area contributed by atoms with Gasteiger partial charge in [-0.3, -0.25) is 9.59 Å². The van der Waals surface area contributed by atoms with Gasteiger partial charge in [0.15, 0.2) is 29.4 Å². The average Bonchev–Trinajstić information content (AvgIpc) is 3.34. The minimum Gasteiger partial charge on any atom is -0.454 e. The first-order valence-corrected chi connectivity index (χ1v) is 14.7. The van der Waals surface area contributed by atoms with Gasteiger partial charge in [0.05, 0.1) is 17.8 Å². The van der Waals surface area contributed by atoms with Crippen LogP contribution in [-0.2, 0) is 30.2 Å². The summed E-state index contributed by atoms with van der Waals surface area (Å²) in [4.78, 5) is 39.2.